The third kappa shape index (κ3) is 6.07. The third-order valence-electron chi connectivity index (χ3n) is 4.40. The zero-order valence-corrected chi connectivity index (χ0v) is 17.6. The summed E-state index contributed by atoms with van der Waals surface area (Å²) in [7, 11) is -0.525. The molecule has 6 nitrogen and oxygen atoms in total. The SMILES string of the molecule is Cc1cc(S(=O)(=O)N(C)C)ccc1OCC(=O)N[C@H](C)CCc1ccccc1. The van der Waals surface area contributed by atoms with Crippen LogP contribution in [0.1, 0.15) is 24.5 Å². The minimum absolute atomic E-state index is 0.0324. The van der Waals surface area contributed by atoms with Gasteiger partial charge in [-0.1, -0.05) is 30.3 Å². The third-order valence-corrected chi connectivity index (χ3v) is 6.21. The summed E-state index contributed by atoms with van der Waals surface area (Å²) in [5.41, 5.74) is 1.90. The molecule has 28 heavy (non-hydrogen) atoms. The molecule has 2 aromatic carbocycles. The number of nitrogens with one attached hydrogen (secondary N) is 1. The first-order valence-corrected chi connectivity index (χ1v) is 10.6. The van der Waals surface area contributed by atoms with E-state index in [4.69, 9.17) is 4.74 Å². The molecule has 0 saturated carbocycles. The smallest absolute Gasteiger partial charge is 0.258 e. The number of aryl methyl sites for hydroxylation is 2. The molecular formula is C21H28N2O4S. The summed E-state index contributed by atoms with van der Waals surface area (Å²) < 4.78 is 31.1. The monoisotopic (exact) mass is 404 g/mol. The van der Waals surface area contributed by atoms with Gasteiger partial charge >= 0.3 is 0 Å². The van der Waals surface area contributed by atoms with Crippen LogP contribution in [-0.2, 0) is 21.2 Å². The molecular weight excluding hydrogens is 376 g/mol. The maximum absolute atomic E-state index is 12.2. The Hall–Kier alpha value is -2.38. The van der Waals surface area contributed by atoms with Crippen molar-refractivity contribution >= 4 is 15.9 Å². The van der Waals surface area contributed by atoms with Crippen molar-refractivity contribution < 1.29 is 17.9 Å². The first-order chi connectivity index (χ1) is 13.2. The molecule has 2 rings (SSSR count). The van der Waals surface area contributed by atoms with Gasteiger partial charge < -0.3 is 10.1 Å². The number of hydrogen-bond donors (Lipinski definition) is 1. The number of sulfonamides is 1. The molecule has 7 heteroatoms. The van der Waals surface area contributed by atoms with Gasteiger partial charge in [-0.2, -0.15) is 0 Å². The standard InChI is InChI=1S/C21H28N2O4S/c1-16-14-19(28(25,26)23(3)4)12-13-20(16)27-15-21(24)22-17(2)10-11-18-8-6-5-7-9-18/h5-9,12-14,17H,10-11,15H2,1-4H3,(H,22,24)/t17-/m1/s1. The van der Waals surface area contributed by atoms with Crippen molar-refractivity contribution in [3.8, 4) is 5.75 Å². The number of amides is 1. The van der Waals surface area contributed by atoms with E-state index in [1.165, 1.54) is 25.7 Å². The summed E-state index contributed by atoms with van der Waals surface area (Å²) in [4.78, 5) is 12.3. The van der Waals surface area contributed by atoms with E-state index in [1.807, 2.05) is 25.1 Å². The number of hydrogen-bond acceptors (Lipinski definition) is 4. The molecule has 0 radical (unpaired) electrons. The molecule has 0 aliphatic heterocycles. The molecule has 0 aromatic heterocycles. The van der Waals surface area contributed by atoms with Crippen LogP contribution in [-0.4, -0.2) is 45.4 Å². The highest BCUT2D eigenvalue weighted by molar-refractivity contribution is 7.89. The Morgan fingerprint density at radius 3 is 2.43 bits per heavy atom. The molecule has 0 aliphatic carbocycles. The van der Waals surface area contributed by atoms with E-state index in [2.05, 4.69) is 17.4 Å². The molecule has 1 amide bonds. The van der Waals surface area contributed by atoms with Crippen LogP contribution in [0.5, 0.6) is 5.75 Å². The largest absolute Gasteiger partial charge is 0.484 e. The predicted molar refractivity (Wildman–Crippen MR) is 110 cm³/mol. The van der Waals surface area contributed by atoms with Gasteiger partial charge in [0.1, 0.15) is 5.75 Å². The van der Waals surface area contributed by atoms with E-state index >= 15 is 0 Å². The molecule has 1 N–H and O–H groups in total. The Morgan fingerprint density at radius 2 is 1.82 bits per heavy atom. The number of carbonyl (C=O) groups is 1. The Labute approximate surface area is 167 Å². The van der Waals surface area contributed by atoms with E-state index in [0.717, 1.165) is 17.1 Å². The fourth-order valence-electron chi connectivity index (χ4n) is 2.71. The van der Waals surface area contributed by atoms with Crippen LogP contribution in [0.25, 0.3) is 0 Å². The fraction of sp³-hybridized carbons (Fsp3) is 0.381. The van der Waals surface area contributed by atoms with Crippen molar-refractivity contribution in [2.45, 2.75) is 37.6 Å². The lowest BCUT2D eigenvalue weighted by atomic mass is 10.1. The molecule has 0 bridgehead atoms. The van der Waals surface area contributed by atoms with Crippen LogP contribution in [0.2, 0.25) is 0 Å². The highest BCUT2D eigenvalue weighted by atomic mass is 32.2. The summed E-state index contributed by atoms with van der Waals surface area (Å²) in [5, 5.41) is 2.92. The van der Waals surface area contributed by atoms with Gasteiger partial charge in [-0.3, -0.25) is 4.79 Å². The molecule has 1 atom stereocenters. The molecule has 0 fully saturated rings. The van der Waals surface area contributed by atoms with Gasteiger partial charge in [0.05, 0.1) is 4.90 Å². The van der Waals surface area contributed by atoms with Crippen LogP contribution in [0.4, 0.5) is 0 Å². The number of ether oxygens (including phenoxy) is 1. The summed E-state index contributed by atoms with van der Waals surface area (Å²) in [5.74, 6) is 0.287. The van der Waals surface area contributed by atoms with Gasteiger partial charge in [-0.05, 0) is 56.0 Å². The summed E-state index contributed by atoms with van der Waals surface area (Å²) in [6.45, 7) is 3.60. The van der Waals surface area contributed by atoms with Crippen molar-refractivity contribution in [3.05, 3.63) is 59.7 Å². The maximum atomic E-state index is 12.2. The summed E-state index contributed by atoms with van der Waals surface area (Å²) >= 11 is 0. The van der Waals surface area contributed by atoms with Crippen LogP contribution >= 0.6 is 0 Å². The second-order valence-corrected chi connectivity index (χ2v) is 9.15. The second-order valence-electron chi connectivity index (χ2n) is 7.00. The summed E-state index contributed by atoms with van der Waals surface area (Å²) in [6.07, 6.45) is 1.73. The predicted octanol–water partition coefficient (Wildman–Crippen LogP) is 2.76. The second kappa shape index (κ2) is 9.71. The normalized spacial score (nSPS) is 12.6. The molecule has 0 spiro atoms. The highest BCUT2D eigenvalue weighted by Gasteiger charge is 2.18. The molecule has 0 unspecified atom stereocenters. The van der Waals surface area contributed by atoms with Gasteiger partial charge in [-0.25, -0.2) is 12.7 Å². The minimum atomic E-state index is -3.49. The zero-order chi connectivity index (χ0) is 20.7. The minimum Gasteiger partial charge on any atom is -0.484 e. The van der Waals surface area contributed by atoms with Crippen molar-refractivity contribution in [3.63, 3.8) is 0 Å². The Kier molecular flexibility index (Phi) is 7.60. The van der Waals surface area contributed by atoms with Gasteiger partial charge in [0.2, 0.25) is 10.0 Å². The van der Waals surface area contributed by atoms with E-state index in [9.17, 15) is 13.2 Å². The Bertz CT molecular complexity index is 896. The maximum Gasteiger partial charge on any atom is 0.258 e. The lowest BCUT2D eigenvalue weighted by Crippen LogP contribution is -2.36. The molecule has 0 heterocycles. The van der Waals surface area contributed by atoms with Crippen LogP contribution < -0.4 is 10.1 Å². The van der Waals surface area contributed by atoms with Crippen LogP contribution in [0, 0.1) is 6.92 Å². The van der Waals surface area contributed by atoms with Crippen molar-refractivity contribution in [2.75, 3.05) is 20.7 Å². The quantitative estimate of drug-likeness (QED) is 0.697. The van der Waals surface area contributed by atoms with Crippen LogP contribution in [0.3, 0.4) is 0 Å². The summed E-state index contributed by atoms with van der Waals surface area (Å²) in [6, 6.07) is 14.8. The molecule has 0 saturated heterocycles. The van der Waals surface area contributed by atoms with E-state index in [0.29, 0.717) is 11.3 Å². The van der Waals surface area contributed by atoms with Gasteiger partial charge in [0, 0.05) is 20.1 Å². The number of rotatable bonds is 9. The highest BCUT2D eigenvalue weighted by Crippen LogP contribution is 2.23. The van der Waals surface area contributed by atoms with E-state index < -0.39 is 10.0 Å². The number of nitrogens with zero attached hydrogens (tertiary/aromatic N) is 1. The molecule has 152 valence electrons. The first-order valence-electron chi connectivity index (χ1n) is 9.19. The van der Waals surface area contributed by atoms with Crippen LogP contribution in [0.15, 0.2) is 53.4 Å². The van der Waals surface area contributed by atoms with E-state index in [-0.39, 0.29) is 23.5 Å². The molecule has 2 aromatic rings. The first kappa shape index (κ1) is 21.9. The lowest BCUT2D eigenvalue weighted by molar-refractivity contribution is -0.123. The van der Waals surface area contributed by atoms with Crippen molar-refractivity contribution in [2.24, 2.45) is 0 Å². The Morgan fingerprint density at radius 1 is 1.14 bits per heavy atom. The van der Waals surface area contributed by atoms with Crippen molar-refractivity contribution in [1.82, 2.24) is 9.62 Å². The van der Waals surface area contributed by atoms with Gasteiger partial charge in [0.25, 0.3) is 5.91 Å². The van der Waals surface area contributed by atoms with E-state index in [1.54, 1.807) is 19.1 Å². The Balaban J connectivity index is 1.85. The topological polar surface area (TPSA) is 75.7 Å². The number of benzene rings is 2. The van der Waals surface area contributed by atoms with Gasteiger partial charge in [-0.15, -0.1) is 0 Å². The lowest BCUT2D eigenvalue weighted by Gasteiger charge is -2.16. The van der Waals surface area contributed by atoms with Gasteiger partial charge in [0.15, 0.2) is 6.61 Å². The fourth-order valence-corrected chi connectivity index (χ4v) is 3.70. The average Bonchev–Trinajstić information content (AvgIpc) is 2.66. The number of carbonyl (C=O) groups excluding carboxylic acids is 1. The van der Waals surface area contributed by atoms with Crippen molar-refractivity contribution in [1.29, 1.82) is 0 Å². The zero-order valence-electron chi connectivity index (χ0n) is 16.8. The molecule has 0 aliphatic rings. The average molecular weight is 405 g/mol.